The number of rotatable bonds is 4. The first kappa shape index (κ1) is 10.4. The molecule has 3 heteroatoms. The molecular formula is C10H10Cl2O. The van der Waals surface area contributed by atoms with Gasteiger partial charge in [-0.15, -0.1) is 11.6 Å². The van der Waals surface area contributed by atoms with Crippen molar-refractivity contribution in [3.05, 3.63) is 41.4 Å². The van der Waals surface area contributed by atoms with Crippen molar-refractivity contribution in [2.75, 3.05) is 6.61 Å². The van der Waals surface area contributed by atoms with Crippen LogP contribution in [0.15, 0.2) is 30.9 Å². The third kappa shape index (κ3) is 2.64. The van der Waals surface area contributed by atoms with Crippen LogP contribution in [0.3, 0.4) is 0 Å². The highest BCUT2D eigenvalue weighted by molar-refractivity contribution is 6.33. The molecule has 0 atom stereocenters. The molecule has 0 bridgehead atoms. The number of halogens is 2. The summed E-state index contributed by atoms with van der Waals surface area (Å²) in [5.74, 6) is 1.05. The van der Waals surface area contributed by atoms with E-state index < -0.39 is 0 Å². The van der Waals surface area contributed by atoms with Crippen LogP contribution in [0.25, 0.3) is 0 Å². The molecule has 0 aliphatic carbocycles. The molecule has 70 valence electrons. The van der Waals surface area contributed by atoms with Crippen LogP contribution in [0.2, 0.25) is 5.02 Å². The minimum Gasteiger partial charge on any atom is -0.488 e. The zero-order valence-electron chi connectivity index (χ0n) is 7.09. The molecule has 0 radical (unpaired) electrons. The molecule has 1 rings (SSSR count). The zero-order chi connectivity index (χ0) is 9.68. The summed E-state index contributed by atoms with van der Waals surface area (Å²) in [6, 6.07) is 5.54. The topological polar surface area (TPSA) is 9.23 Å². The summed E-state index contributed by atoms with van der Waals surface area (Å²) in [5, 5.41) is 0.583. The van der Waals surface area contributed by atoms with Crippen molar-refractivity contribution in [2.45, 2.75) is 5.88 Å². The van der Waals surface area contributed by atoms with E-state index in [9.17, 15) is 0 Å². The molecule has 13 heavy (non-hydrogen) atoms. The smallest absolute Gasteiger partial charge is 0.138 e. The van der Waals surface area contributed by atoms with Gasteiger partial charge in [0.15, 0.2) is 0 Å². The minimum absolute atomic E-state index is 0.393. The Bertz CT molecular complexity index is 297. The molecule has 0 unspecified atom stereocenters. The van der Waals surface area contributed by atoms with Crippen LogP contribution in [0.4, 0.5) is 0 Å². The van der Waals surface area contributed by atoms with Gasteiger partial charge >= 0.3 is 0 Å². The van der Waals surface area contributed by atoms with Crippen LogP contribution in [-0.4, -0.2) is 6.61 Å². The van der Waals surface area contributed by atoms with Crippen molar-refractivity contribution < 1.29 is 4.74 Å². The molecule has 1 nitrogen and oxygen atoms in total. The normalized spacial score (nSPS) is 9.69. The quantitative estimate of drug-likeness (QED) is 0.552. The fraction of sp³-hybridized carbons (Fsp3) is 0.200. The second kappa shape index (κ2) is 5.15. The van der Waals surface area contributed by atoms with E-state index in [0.29, 0.717) is 23.3 Å². The van der Waals surface area contributed by atoms with Crippen LogP contribution in [0.1, 0.15) is 5.56 Å². The zero-order valence-corrected chi connectivity index (χ0v) is 8.61. The molecule has 1 aromatic carbocycles. The first-order valence-electron chi connectivity index (χ1n) is 3.86. The fourth-order valence-electron chi connectivity index (χ4n) is 0.920. The van der Waals surface area contributed by atoms with Crippen molar-refractivity contribution in [3.63, 3.8) is 0 Å². The molecule has 0 aliphatic heterocycles. The lowest BCUT2D eigenvalue weighted by Crippen LogP contribution is -1.94. The van der Waals surface area contributed by atoms with Gasteiger partial charge in [0.05, 0.1) is 5.02 Å². The van der Waals surface area contributed by atoms with Crippen LogP contribution < -0.4 is 4.74 Å². The Balaban J connectivity index is 2.87. The number of hydrogen-bond acceptors (Lipinski definition) is 1. The van der Waals surface area contributed by atoms with Crippen LogP contribution in [0.5, 0.6) is 5.75 Å². The summed E-state index contributed by atoms with van der Waals surface area (Å²) < 4.78 is 5.32. The number of benzene rings is 1. The number of hydrogen-bond donors (Lipinski definition) is 0. The minimum atomic E-state index is 0.393. The van der Waals surface area contributed by atoms with Crippen molar-refractivity contribution in [1.82, 2.24) is 0 Å². The van der Waals surface area contributed by atoms with Crippen LogP contribution >= 0.6 is 23.2 Å². The van der Waals surface area contributed by atoms with Gasteiger partial charge < -0.3 is 4.74 Å². The molecule has 0 heterocycles. The van der Waals surface area contributed by atoms with Gasteiger partial charge in [-0.1, -0.05) is 36.4 Å². The maximum Gasteiger partial charge on any atom is 0.138 e. The van der Waals surface area contributed by atoms with E-state index in [2.05, 4.69) is 6.58 Å². The molecule has 1 aromatic rings. The monoisotopic (exact) mass is 216 g/mol. The average molecular weight is 217 g/mol. The summed E-state index contributed by atoms with van der Waals surface area (Å²) >= 11 is 11.7. The van der Waals surface area contributed by atoms with E-state index in [1.165, 1.54) is 0 Å². The second-order valence-corrected chi connectivity index (χ2v) is 3.11. The average Bonchev–Trinajstić information content (AvgIpc) is 2.16. The van der Waals surface area contributed by atoms with Crippen molar-refractivity contribution >= 4 is 23.2 Å². The van der Waals surface area contributed by atoms with Gasteiger partial charge in [0, 0.05) is 5.88 Å². The third-order valence-electron chi connectivity index (χ3n) is 1.54. The highest BCUT2D eigenvalue weighted by atomic mass is 35.5. The van der Waals surface area contributed by atoms with E-state index >= 15 is 0 Å². The Hall–Kier alpha value is -0.660. The number of ether oxygens (including phenoxy) is 1. The highest BCUT2D eigenvalue weighted by Crippen LogP contribution is 2.28. The van der Waals surface area contributed by atoms with E-state index in [1.54, 1.807) is 6.08 Å². The fourth-order valence-corrected chi connectivity index (χ4v) is 1.46. The van der Waals surface area contributed by atoms with Crippen molar-refractivity contribution in [2.24, 2.45) is 0 Å². The van der Waals surface area contributed by atoms with Crippen molar-refractivity contribution in [3.8, 4) is 5.75 Å². The van der Waals surface area contributed by atoms with Gasteiger partial charge in [0.1, 0.15) is 12.4 Å². The number of alkyl halides is 1. The van der Waals surface area contributed by atoms with Gasteiger partial charge in [-0.25, -0.2) is 0 Å². The Morgan fingerprint density at radius 2 is 2.23 bits per heavy atom. The van der Waals surface area contributed by atoms with Crippen LogP contribution in [-0.2, 0) is 5.88 Å². The third-order valence-corrected chi connectivity index (χ3v) is 2.26. The molecule has 0 saturated carbocycles. The van der Waals surface area contributed by atoms with E-state index in [0.717, 1.165) is 5.56 Å². The summed E-state index contributed by atoms with van der Waals surface area (Å²) in [7, 11) is 0. The van der Waals surface area contributed by atoms with Gasteiger partial charge in [0.2, 0.25) is 0 Å². The SMILES string of the molecule is C=CCOc1cccc(CCl)c1Cl. The largest absolute Gasteiger partial charge is 0.488 e. The summed E-state index contributed by atoms with van der Waals surface area (Å²) in [4.78, 5) is 0. The van der Waals surface area contributed by atoms with Gasteiger partial charge in [-0.3, -0.25) is 0 Å². The molecule has 0 saturated heterocycles. The molecule has 0 aliphatic rings. The summed E-state index contributed by atoms with van der Waals surface area (Å²) in [5.41, 5.74) is 0.880. The molecule has 0 amide bonds. The molecular weight excluding hydrogens is 207 g/mol. The van der Waals surface area contributed by atoms with Gasteiger partial charge in [-0.2, -0.15) is 0 Å². The van der Waals surface area contributed by atoms with E-state index in [1.807, 2.05) is 18.2 Å². The predicted molar refractivity (Wildman–Crippen MR) is 56.7 cm³/mol. The van der Waals surface area contributed by atoms with Gasteiger partial charge in [0.25, 0.3) is 0 Å². The summed E-state index contributed by atoms with van der Waals surface area (Å²) in [6.07, 6.45) is 1.67. The van der Waals surface area contributed by atoms with Crippen molar-refractivity contribution in [1.29, 1.82) is 0 Å². The van der Waals surface area contributed by atoms with Crippen LogP contribution in [0, 0.1) is 0 Å². The van der Waals surface area contributed by atoms with E-state index in [-0.39, 0.29) is 0 Å². The molecule has 0 aromatic heterocycles. The molecule has 0 N–H and O–H groups in total. The maximum absolute atomic E-state index is 6.00. The lowest BCUT2D eigenvalue weighted by molar-refractivity contribution is 0.363. The maximum atomic E-state index is 6.00. The predicted octanol–water partition coefficient (Wildman–Crippen LogP) is 3.64. The summed E-state index contributed by atoms with van der Waals surface area (Å²) in [6.45, 7) is 4.00. The Labute approximate surface area is 87.9 Å². The lowest BCUT2D eigenvalue weighted by atomic mass is 10.2. The Morgan fingerprint density at radius 3 is 2.85 bits per heavy atom. The first-order chi connectivity index (χ1) is 6.29. The second-order valence-electron chi connectivity index (χ2n) is 2.46. The van der Waals surface area contributed by atoms with E-state index in [4.69, 9.17) is 27.9 Å². The Kier molecular flexibility index (Phi) is 4.13. The standard InChI is InChI=1S/C10H10Cl2O/c1-2-6-13-9-5-3-4-8(7-11)10(9)12/h2-5H,1,6-7H2. The lowest BCUT2D eigenvalue weighted by Gasteiger charge is -2.07. The molecule has 0 fully saturated rings. The first-order valence-corrected chi connectivity index (χ1v) is 4.78. The van der Waals surface area contributed by atoms with Gasteiger partial charge in [-0.05, 0) is 11.6 Å². The Morgan fingerprint density at radius 1 is 1.46 bits per heavy atom. The highest BCUT2D eigenvalue weighted by Gasteiger charge is 2.04. The molecule has 0 spiro atoms.